The van der Waals surface area contributed by atoms with Gasteiger partial charge in [0, 0.05) is 12.0 Å². The van der Waals surface area contributed by atoms with Crippen LogP contribution in [-0.2, 0) is 14.3 Å². The lowest BCUT2D eigenvalue weighted by molar-refractivity contribution is -0.200. The van der Waals surface area contributed by atoms with E-state index in [-0.39, 0.29) is 29.0 Å². The van der Waals surface area contributed by atoms with Crippen LogP contribution in [-0.4, -0.2) is 39.8 Å². The molecule has 0 saturated heterocycles. The zero-order valence-electron chi connectivity index (χ0n) is 21.8. The minimum Gasteiger partial charge on any atom is -0.451 e. The molecule has 2 saturated carbocycles. The molecule has 4 rings (SSSR count). The first-order chi connectivity index (χ1) is 16.4. The van der Waals surface area contributed by atoms with Gasteiger partial charge in [-0.05, 0) is 61.0 Å². The lowest BCUT2D eigenvalue weighted by Crippen LogP contribution is -2.65. The number of hydrogen-bond acceptors (Lipinski definition) is 5. The number of fused-ring (bicyclic) bond motifs is 3. The van der Waals surface area contributed by atoms with Crippen molar-refractivity contribution < 1.29 is 24.5 Å². The molecule has 0 aromatic carbocycles. The summed E-state index contributed by atoms with van der Waals surface area (Å²) in [6, 6.07) is 0. The Labute approximate surface area is 209 Å². The van der Waals surface area contributed by atoms with Gasteiger partial charge in [0.15, 0.2) is 17.5 Å². The molecule has 8 atom stereocenters. The van der Waals surface area contributed by atoms with Crippen molar-refractivity contribution in [2.75, 3.05) is 0 Å². The summed E-state index contributed by atoms with van der Waals surface area (Å²) in [7, 11) is 0. The van der Waals surface area contributed by atoms with E-state index < -0.39 is 29.2 Å². The lowest BCUT2D eigenvalue weighted by Gasteiger charge is -2.48. The number of aliphatic hydroxyl groups excluding tert-OH is 1. The number of ketones is 1. The maximum Gasteiger partial charge on any atom is 0.331 e. The van der Waals surface area contributed by atoms with Gasteiger partial charge >= 0.3 is 5.97 Å². The fraction of sp³-hybridized carbons (Fsp3) is 0.600. The zero-order chi connectivity index (χ0) is 25.8. The fourth-order valence-electron chi connectivity index (χ4n) is 7.33. The normalized spacial score (nSPS) is 41.9. The number of rotatable bonds is 6. The second-order valence-corrected chi connectivity index (χ2v) is 11.7. The Morgan fingerprint density at radius 1 is 1.17 bits per heavy atom. The van der Waals surface area contributed by atoms with Gasteiger partial charge in [-0.1, -0.05) is 76.6 Å². The second kappa shape index (κ2) is 9.01. The highest BCUT2D eigenvalue weighted by Gasteiger charge is 2.76. The first-order valence-electron chi connectivity index (χ1n) is 13.0. The largest absolute Gasteiger partial charge is 0.451 e. The van der Waals surface area contributed by atoms with Gasteiger partial charge in [-0.25, -0.2) is 4.79 Å². The van der Waals surface area contributed by atoms with Crippen molar-refractivity contribution in [2.45, 2.75) is 78.6 Å². The van der Waals surface area contributed by atoms with Gasteiger partial charge < -0.3 is 14.9 Å². The average Bonchev–Trinajstić information content (AvgIpc) is 3.29. The highest BCUT2D eigenvalue weighted by atomic mass is 16.6. The van der Waals surface area contributed by atoms with Crippen LogP contribution in [0, 0.1) is 34.5 Å². The zero-order valence-corrected chi connectivity index (χ0v) is 21.8. The van der Waals surface area contributed by atoms with Crippen LogP contribution in [0.25, 0.3) is 0 Å². The van der Waals surface area contributed by atoms with Crippen LogP contribution in [0.4, 0.5) is 0 Å². The minimum atomic E-state index is -1.95. The maximum absolute atomic E-state index is 14.2. The third-order valence-corrected chi connectivity index (χ3v) is 9.23. The third kappa shape index (κ3) is 3.74. The number of esters is 1. The van der Waals surface area contributed by atoms with E-state index in [9.17, 15) is 19.8 Å². The number of ether oxygens (including phenoxy) is 1. The number of unbranched alkanes of at least 4 members (excludes halogenated alkanes) is 1. The van der Waals surface area contributed by atoms with Crippen molar-refractivity contribution in [1.82, 2.24) is 0 Å². The summed E-state index contributed by atoms with van der Waals surface area (Å²) in [5.41, 5.74) is -2.04. The Morgan fingerprint density at radius 2 is 1.86 bits per heavy atom. The number of hydrogen-bond donors (Lipinski definition) is 2. The Balaban J connectivity index is 1.66. The maximum atomic E-state index is 14.2. The van der Waals surface area contributed by atoms with Gasteiger partial charge in [-0.3, -0.25) is 4.79 Å². The van der Waals surface area contributed by atoms with E-state index in [0.717, 1.165) is 19.3 Å². The molecular weight excluding hydrogens is 440 g/mol. The molecule has 0 aromatic rings. The summed E-state index contributed by atoms with van der Waals surface area (Å²) in [6.45, 7) is 12.1. The quantitative estimate of drug-likeness (QED) is 0.245. The highest BCUT2D eigenvalue weighted by Crippen LogP contribution is 2.71. The van der Waals surface area contributed by atoms with Crippen LogP contribution in [0.2, 0.25) is 0 Å². The monoisotopic (exact) mass is 480 g/mol. The molecule has 2 fully saturated rings. The summed E-state index contributed by atoms with van der Waals surface area (Å²) < 4.78 is 5.78. The van der Waals surface area contributed by atoms with E-state index in [1.54, 1.807) is 32.1 Å². The van der Waals surface area contributed by atoms with Gasteiger partial charge in [-0.2, -0.15) is 0 Å². The van der Waals surface area contributed by atoms with Gasteiger partial charge in [0.2, 0.25) is 0 Å². The molecule has 0 radical (unpaired) electrons. The van der Waals surface area contributed by atoms with Gasteiger partial charge in [0.1, 0.15) is 6.10 Å². The molecule has 2 bridgehead atoms. The predicted octanol–water partition coefficient (Wildman–Crippen LogP) is 4.86. The van der Waals surface area contributed by atoms with Crippen molar-refractivity contribution in [2.24, 2.45) is 34.5 Å². The Bertz CT molecular complexity index is 1040. The SMILES string of the molecule is CCCC=CC=CC=CC(=O)OC1C(C)=CC23C(=O)C(C=C(C)C(O)C12O)C1C(CC3C)C1(C)C. The Kier molecular flexibility index (Phi) is 6.65. The summed E-state index contributed by atoms with van der Waals surface area (Å²) in [6.07, 6.45) is 14.5. The molecule has 5 nitrogen and oxygen atoms in total. The van der Waals surface area contributed by atoms with Crippen LogP contribution in [0.15, 0.2) is 59.8 Å². The Morgan fingerprint density at radius 3 is 2.54 bits per heavy atom. The summed E-state index contributed by atoms with van der Waals surface area (Å²) in [4.78, 5) is 27.0. The summed E-state index contributed by atoms with van der Waals surface area (Å²) in [5.74, 6) is -0.684. The number of Topliss-reactive ketones (excluding diaryl/α,β-unsaturated/α-hetero) is 1. The van der Waals surface area contributed by atoms with Crippen molar-refractivity contribution in [3.8, 4) is 0 Å². The fourth-order valence-corrected chi connectivity index (χ4v) is 7.33. The molecule has 0 aromatic heterocycles. The van der Waals surface area contributed by atoms with E-state index >= 15 is 0 Å². The summed E-state index contributed by atoms with van der Waals surface area (Å²) in [5, 5.41) is 23.8. The van der Waals surface area contributed by atoms with Crippen molar-refractivity contribution in [3.05, 3.63) is 59.8 Å². The van der Waals surface area contributed by atoms with Gasteiger partial charge in [0.25, 0.3) is 0 Å². The number of carbonyl (C=O) groups is 2. The summed E-state index contributed by atoms with van der Waals surface area (Å²) >= 11 is 0. The molecule has 4 aliphatic rings. The van der Waals surface area contributed by atoms with E-state index in [4.69, 9.17) is 4.74 Å². The van der Waals surface area contributed by atoms with Crippen LogP contribution in [0.1, 0.15) is 60.8 Å². The van der Waals surface area contributed by atoms with E-state index in [1.165, 1.54) is 6.08 Å². The number of aliphatic hydroxyl groups is 2. The lowest BCUT2D eigenvalue weighted by atomic mass is 9.59. The molecule has 4 aliphatic carbocycles. The van der Waals surface area contributed by atoms with E-state index in [1.807, 2.05) is 25.2 Å². The van der Waals surface area contributed by atoms with Gasteiger partial charge in [-0.15, -0.1) is 0 Å². The van der Waals surface area contributed by atoms with Crippen molar-refractivity contribution >= 4 is 11.8 Å². The molecule has 0 aliphatic heterocycles. The third-order valence-electron chi connectivity index (χ3n) is 9.23. The number of carbonyl (C=O) groups excluding carboxylic acids is 2. The molecule has 0 heterocycles. The van der Waals surface area contributed by atoms with Gasteiger partial charge in [0.05, 0.1) is 5.41 Å². The molecule has 35 heavy (non-hydrogen) atoms. The first kappa shape index (κ1) is 25.8. The molecule has 5 heteroatoms. The van der Waals surface area contributed by atoms with Crippen LogP contribution in [0.5, 0.6) is 0 Å². The predicted molar refractivity (Wildman–Crippen MR) is 136 cm³/mol. The molecule has 0 amide bonds. The smallest absolute Gasteiger partial charge is 0.331 e. The van der Waals surface area contributed by atoms with Crippen molar-refractivity contribution in [3.63, 3.8) is 0 Å². The van der Waals surface area contributed by atoms with Crippen LogP contribution >= 0.6 is 0 Å². The second-order valence-electron chi connectivity index (χ2n) is 11.7. The molecular formula is C30H40O5. The molecule has 2 N–H and O–H groups in total. The highest BCUT2D eigenvalue weighted by molar-refractivity contribution is 5.95. The van der Waals surface area contributed by atoms with E-state index in [0.29, 0.717) is 17.1 Å². The first-order valence-corrected chi connectivity index (χ1v) is 13.0. The molecule has 1 spiro atoms. The average molecular weight is 481 g/mol. The minimum absolute atomic E-state index is 0.0493. The standard InChI is InChI=1S/C30H40O5/c1-7-8-9-10-11-12-13-14-23(31)35-27-19(3)17-29-20(4)16-22-24(28(22,5)6)21(26(29)33)15-18(2)25(32)30(27,29)34/h9-15,17,20-22,24-25,27,32,34H,7-8,16H2,1-6H3. The topological polar surface area (TPSA) is 83.8 Å². The molecule has 190 valence electrons. The number of allylic oxidation sites excluding steroid dienone is 6. The molecule has 8 unspecified atom stereocenters. The van der Waals surface area contributed by atoms with Crippen LogP contribution in [0.3, 0.4) is 0 Å². The van der Waals surface area contributed by atoms with Crippen molar-refractivity contribution in [1.29, 1.82) is 0 Å². The van der Waals surface area contributed by atoms with Crippen LogP contribution < -0.4 is 0 Å². The van der Waals surface area contributed by atoms with E-state index in [2.05, 4.69) is 26.8 Å². The Hall–Kier alpha value is -2.24.